The van der Waals surface area contributed by atoms with E-state index >= 15 is 0 Å². The van der Waals surface area contributed by atoms with Crippen molar-refractivity contribution in [3.8, 4) is 0 Å². The summed E-state index contributed by atoms with van der Waals surface area (Å²) in [6, 6.07) is 10.4. The summed E-state index contributed by atoms with van der Waals surface area (Å²) >= 11 is 3.14. The molecular weight excluding hydrogens is 314 g/mol. The molecular formula is C16H19N3OS2. The van der Waals surface area contributed by atoms with Crippen LogP contribution >= 0.6 is 23.3 Å². The van der Waals surface area contributed by atoms with Crippen molar-refractivity contribution < 1.29 is 4.79 Å². The fraction of sp³-hybridized carbons (Fsp3) is 0.438. The Balaban J connectivity index is 1.94. The zero-order valence-corrected chi connectivity index (χ0v) is 14.4. The third-order valence-corrected chi connectivity index (χ3v) is 5.94. The lowest BCUT2D eigenvalue weighted by atomic mass is 10.0. The standard InChI is InChI=1S/C16H19N3OS2/c1-3-13-15(22-18-17-13)16(20)19-9-10-21-11(2)14(19)12-7-5-4-6-8-12/h4-8,11,14H,3,9-10H2,1-2H3/t11-,14-/m1/s1. The number of rotatable bonds is 3. The Bertz CT molecular complexity index is 644. The fourth-order valence-electron chi connectivity index (χ4n) is 2.88. The second-order valence-corrected chi connectivity index (χ2v) is 7.57. The Kier molecular flexibility index (Phi) is 4.78. The van der Waals surface area contributed by atoms with Gasteiger partial charge in [0.05, 0.1) is 11.7 Å². The number of nitrogens with zero attached hydrogens (tertiary/aromatic N) is 3. The highest BCUT2D eigenvalue weighted by Gasteiger charge is 2.35. The van der Waals surface area contributed by atoms with Crippen molar-refractivity contribution >= 4 is 29.2 Å². The van der Waals surface area contributed by atoms with Gasteiger partial charge in [0.15, 0.2) is 0 Å². The Hall–Kier alpha value is -1.40. The molecule has 0 bridgehead atoms. The van der Waals surface area contributed by atoms with Gasteiger partial charge in [0.1, 0.15) is 4.88 Å². The van der Waals surface area contributed by atoms with Crippen LogP contribution in [0.2, 0.25) is 0 Å². The average Bonchev–Trinajstić information content (AvgIpc) is 3.03. The lowest BCUT2D eigenvalue weighted by Gasteiger charge is -2.39. The summed E-state index contributed by atoms with van der Waals surface area (Å²) in [4.78, 5) is 15.7. The molecule has 1 aliphatic rings. The number of thioether (sulfide) groups is 1. The van der Waals surface area contributed by atoms with Crippen molar-refractivity contribution in [3.63, 3.8) is 0 Å². The molecule has 22 heavy (non-hydrogen) atoms. The van der Waals surface area contributed by atoms with Gasteiger partial charge in [-0.15, -0.1) is 5.10 Å². The summed E-state index contributed by atoms with van der Waals surface area (Å²) in [7, 11) is 0. The maximum Gasteiger partial charge on any atom is 0.268 e. The van der Waals surface area contributed by atoms with Crippen LogP contribution in [0.5, 0.6) is 0 Å². The van der Waals surface area contributed by atoms with Crippen molar-refractivity contribution in [3.05, 3.63) is 46.5 Å². The van der Waals surface area contributed by atoms with Crippen molar-refractivity contribution in [2.45, 2.75) is 31.6 Å². The molecule has 0 N–H and O–H groups in total. The number of carbonyl (C=O) groups excluding carboxylic acids is 1. The molecule has 0 spiro atoms. The Morgan fingerprint density at radius 2 is 2.14 bits per heavy atom. The van der Waals surface area contributed by atoms with Gasteiger partial charge in [0, 0.05) is 17.5 Å². The first-order valence-electron chi connectivity index (χ1n) is 7.51. The Labute approximate surface area is 139 Å². The highest BCUT2D eigenvalue weighted by atomic mass is 32.2. The largest absolute Gasteiger partial charge is 0.329 e. The molecule has 1 saturated heterocycles. The molecule has 2 atom stereocenters. The topological polar surface area (TPSA) is 46.1 Å². The number of benzene rings is 1. The minimum atomic E-state index is 0.0767. The monoisotopic (exact) mass is 333 g/mol. The van der Waals surface area contributed by atoms with E-state index in [0.29, 0.717) is 10.1 Å². The molecule has 1 aliphatic heterocycles. The van der Waals surface area contributed by atoms with Crippen LogP contribution in [0.15, 0.2) is 30.3 Å². The predicted octanol–water partition coefficient (Wildman–Crippen LogP) is 3.42. The van der Waals surface area contributed by atoms with Crippen LogP contribution in [0.1, 0.15) is 40.8 Å². The lowest BCUT2D eigenvalue weighted by Crippen LogP contribution is -2.44. The van der Waals surface area contributed by atoms with E-state index in [2.05, 4.69) is 28.6 Å². The molecule has 1 fully saturated rings. The quantitative estimate of drug-likeness (QED) is 0.863. The van der Waals surface area contributed by atoms with Crippen molar-refractivity contribution in [1.29, 1.82) is 0 Å². The molecule has 0 saturated carbocycles. The minimum Gasteiger partial charge on any atom is -0.329 e. The minimum absolute atomic E-state index is 0.0767. The number of amides is 1. The third-order valence-electron chi connectivity index (χ3n) is 3.98. The number of aryl methyl sites for hydroxylation is 1. The van der Waals surface area contributed by atoms with E-state index in [1.54, 1.807) is 0 Å². The van der Waals surface area contributed by atoms with E-state index in [-0.39, 0.29) is 11.9 Å². The van der Waals surface area contributed by atoms with Gasteiger partial charge in [-0.2, -0.15) is 11.8 Å². The van der Waals surface area contributed by atoms with E-state index in [9.17, 15) is 4.79 Å². The molecule has 3 rings (SSSR count). The summed E-state index contributed by atoms with van der Waals surface area (Å²) in [5, 5.41) is 4.46. The van der Waals surface area contributed by atoms with Gasteiger partial charge in [0.25, 0.3) is 5.91 Å². The maximum atomic E-state index is 13.0. The molecule has 1 aromatic carbocycles. The molecule has 1 aromatic heterocycles. The molecule has 0 unspecified atom stereocenters. The van der Waals surface area contributed by atoms with Crippen molar-refractivity contribution in [2.75, 3.05) is 12.3 Å². The summed E-state index contributed by atoms with van der Waals surface area (Å²) in [6.07, 6.45) is 0.742. The zero-order valence-electron chi connectivity index (χ0n) is 12.7. The predicted molar refractivity (Wildman–Crippen MR) is 91.4 cm³/mol. The second kappa shape index (κ2) is 6.79. The molecule has 6 heteroatoms. The van der Waals surface area contributed by atoms with Crippen LogP contribution in [-0.4, -0.2) is 37.9 Å². The highest BCUT2D eigenvalue weighted by molar-refractivity contribution is 8.00. The summed E-state index contributed by atoms with van der Waals surface area (Å²) in [6.45, 7) is 4.98. The van der Waals surface area contributed by atoms with Gasteiger partial charge in [-0.25, -0.2) is 0 Å². The van der Waals surface area contributed by atoms with Crippen LogP contribution in [0.25, 0.3) is 0 Å². The average molecular weight is 333 g/mol. The van der Waals surface area contributed by atoms with Crippen molar-refractivity contribution in [2.24, 2.45) is 0 Å². The molecule has 2 heterocycles. The van der Waals surface area contributed by atoms with Gasteiger partial charge in [0.2, 0.25) is 0 Å². The smallest absolute Gasteiger partial charge is 0.268 e. The van der Waals surface area contributed by atoms with E-state index in [1.165, 1.54) is 17.1 Å². The zero-order chi connectivity index (χ0) is 15.5. The van der Waals surface area contributed by atoms with Gasteiger partial charge in [-0.3, -0.25) is 4.79 Å². The first-order chi connectivity index (χ1) is 10.7. The lowest BCUT2D eigenvalue weighted by molar-refractivity contribution is 0.0684. The summed E-state index contributed by atoms with van der Waals surface area (Å²) in [5.41, 5.74) is 2.01. The normalized spacial score (nSPS) is 21.8. The van der Waals surface area contributed by atoms with E-state index in [0.717, 1.165) is 24.4 Å². The van der Waals surface area contributed by atoms with E-state index in [4.69, 9.17) is 0 Å². The SMILES string of the molecule is CCc1nnsc1C(=O)N1CCS[C@H](C)[C@@H]1c1ccccc1. The van der Waals surface area contributed by atoms with Crippen LogP contribution in [0.4, 0.5) is 0 Å². The molecule has 0 radical (unpaired) electrons. The van der Waals surface area contributed by atoms with Gasteiger partial charge in [-0.1, -0.05) is 48.7 Å². The molecule has 4 nitrogen and oxygen atoms in total. The van der Waals surface area contributed by atoms with Crippen LogP contribution in [0, 0.1) is 0 Å². The first kappa shape index (κ1) is 15.5. The number of aromatic nitrogens is 2. The van der Waals surface area contributed by atoms with Crippen LogP contribution < -0.4 is 0 Å². The number of hydrogen-bond acceptors (Lipinski definition) is 5. The van der Waals surface area contributed by atoms with Gasteiger partial charge < -0.3 is 4.90 Å². The summed E-state index contributed by atoms with van der Waals surface area (Å²) in [5.74, 6) is 1.05. The van der Waals surface area contributed by atoms with Gasteiger partial charge in [-0.05, 0) is 23.5 Å². The molecule has 2 aromatic rings. The molecule has 1 amide bonds. The first-order valence-corrected chi connectivity index (χ1v) is 9.33. The van der Waals surface area contributed by atoms with E-state index in [1.807, 2.05) is 41.8 Å². The maximum absolute atomic E-state index is 13.0. The summed E-state index contributed by atoms with van der Waals surface area (Å²) < 4.78 is 3.96. The fourth-order valence-corrected chi connectivity index (χ4v) is 4.75. The second-order valence-electron chi connectivity index (χ2n) is 5.33. The van der Waals surface area contributed by atoms with E-state index < -0.39 is 0 Å². The molecule has 0 aliphatic carbocycles. The Morgan fingerprint density at radius 3 is 2.86 bits per heavy atom. The molecule has 116 valence electrons. The van der Waals surface area contributed by atoms with Gasteiger partial charge >= 0.3 is 0 Å². The number of carbonyl (C=O) groups is 1. The third kappa shape index (κ3) is 2.90. The van der Waals surface area contributed by atoms with Crippen molar-refractivity contribution in [1.82, 2.24) is 14.5 Å². The number of hydrogen-bond donors (Lipinski definition) is 0. The van der Waals surface area contributed by atoms with Crippen LogP contribution in [0.3, 0.4) is 0 Å². The Morgan fingerprint density at radius 1 is 1.36 bits per heavy atom. The highest BCUT2D eigenvalue weighted by Crippen LogP contribution is 2.37. The van der Waals surface area contributed by atoms with Crippen LogP contribution in [-0.2, 0) is 6.42 Å².